The van der Waals surface area contributed by atoms with E-state index in [1.807, 2.05) is 6.92 Å². The van der Waals surface area contributed by atoms with Gasteiger partial charge in [0.2, 0.25) is 11.8 Å². The van der Waals surface area contributed by atoms with Gasteiger partial charge in [0.05, 0.1) is 6.61 Å². The molecular formula is C18H31N3O2. The van der Waals surface area contributed by atoms with Gasteiger partial charge in [-0.3, -0.25) is 0 Å². The van der Waals surface area contributed by atoms with E-state index in [2.05, 4.69) is 49.0 Å². The molecule has 0 amide bonds. The Balaban J connectivity index is 2.09. The monoisotopic (exact) mass is 321 g/mol. The zero-order valence-corrected chi connectivity index (χ0v) is 15.1. The highest BCUT2D eigenvalue weighted by Gasteiger charge is 2.32. The van der Waals surface area contributed by atoms with Crippen LogP contribution in [-0.2, 0) is 6.42 Å². The molecule has 0 unspecified atom stereocenters. The minimum Gasteiger partial charge on any atom is -0.426 e. The smallest absolute Gasteiger partial charge is 0.217 e. The minimum atomic E-state index is 0.220. The second-order valence-corrected chi connectivity index (χ2v) is 7.32. The quantitative estimate of drug-likeness (QED) is 0.782. The fourth-order valence-corrected chi connectivity index (χ4v) is 3.74. The maximum Gasteiger partial charge on any atom is 0.217 e. The molecule has 1 aliphatic carbocycles. The Hall–Kier alpha value is -1.20. The van der Waals surface area contributed by atoms with Gasteiger partial charge in [0.25, 0.3) is 0 Å². The number of likely N-dealkylation sites (N-methyl/N-ethyl adjacent to an activating group) is 1. The molecule has 0 bridgehead atoms. The minimum absolute atomic E-state index is 0.220. The highest BCUT2D eigenvalue weighted by molar-refractivity contribution is 5.14. The summed E-state index contributed by atoms with van der Waals surface area (Å²) in [6.07, 6.45) is 4.45. The van der Waals surface area contributed by atoms with E-state index in [1.54, 1.807) is 0 Å². The summed E-state index contributed by atoms with van der Waals surface area (Å²) in [6, 6.07) is 0. The molecule has 1 aromatic heterocycles. The number of hydrogen-bond donors (Lipinski definition) is 1. The summed E-state index contributed by atoms with van der Waals surface area (Å²) in [7, 11) is 2.09. The molecule has 2 rings (SSSR count). The standard InChI is InChI=1S/C18H31N3O2/c1-12(2)17-9-15(10-18-20-19-14(4)23-18)13(3)8-16(17)11-21(5)6-7-22/h8,12,15-17,22H,6-7,9-11H2,1-5H3/t15-,16+,17+/m1/s1. The lowest BCUT2D eigenvalue weighted by Gasteiger charge is -2.38. The van der Waals surface area contributed by atoms with E-state index in [-0.39, 0.29) is 6.61 Å². The van der Waals surface area contributed by atoms with Gasteiger partial charge in [-0.1, -0.05) is 25.5 Å². The van der Waals surface area contributed by atoms with Gasteiger partial charge in [0.15, 0.2) is 0 Å². The van der Waals surface area contributed by atoms with Crippen molar-refractivity contribution in [2.75, 3.05) is 26.7 Å². The number of aryl methyl sites for hydroxylation is 1. The lowest BCUT2D eigenvalue weighted by Crippen LogP contribution is -2.36. The maximum absolute atomic E-state index is 9.12. The first-order valence-electron chi connectivity index (χ1n) is 8.67. The fraction of sp³-hybridized carbons (Fsp3) is 0.778. The van der Waals surface area contributed by atoms with E-state index in [9.17, 15) is 0 Å². The summed E-state index contributed by atoms with van der Waals surface area (Å²) in [5.74, 6) is 3.71. The Labute approximate surface area is 139 Å². The SMILES string of the molecule is CC1=C[C@@H](CN(C)CCO)[C@H](C(C)C)C[C@@H]1Cc1nnc(C)o1. The number of aromatic nitrogens is 2. The van der Waals surface area contributed by atoms with Gasteiger partial charge in [0, 0.05) is 26.4 Å². The van der Waals surface area contributed by atoms with Crippen LogP contribution in [0.2, 0.25) is 0 Å². The zero-order valence-electron chi connectivity index (χ0n) is 15.1. The number of allylic oxidation sites excluding steroid dienone is 1. The molecular weight excluding hydrogens is 290 g/mol. The third-order valence-corrected chi connectivity index (χ3v) is 5.08. The van der Waals surface area contributed by atoms with Crippen LogP contribution < -0.4 is 0 Å². The van der Waals surface area contributed by atoms with Gasteiger partial charge < -0.3 is 14.4 Å². The average Bonchev–Trinajstić information content (AvgIpc) is 2.87. The van der Waals surface area contributed by atoms with Gasteiger partial charge in [-0.2, -0.15) is 0 Å². The van der Waals surface area contributed by atoms with Crippen molar-refractivity contribution in [1.82, 2.24) is 15.1 Å². The molecule has 0 aliphatic heterocycles. The third kappa shape index (κ3) is 4.88. The van der Waals surface area contributed by atoms with E-state index in [1.165, 1.54) is 12.0 Å². The van der Waals surface area contributed by atoms with E-state index >= 15 is 0 Å². The second-order valence-electron chi connectivity index (χ2n) is 7.32. The Morgan fingerprint density at radius 2 is 2.09 bits per heavy atom. The van der Waals surface area contributed by atoms with Crippen molar-refractivity contribution < 1.29 is 9.52 Å². The third-order valence-electron chi connectivity index (χ3n) is 5.08. The van der Waals surface area contributed by atoms with Crippen LogP contribution in [0.5, 0.6) is 0 Å². The first-order chi connectivity index (χ1) is 10.9. The lowest BCUT2D eigenvalue weighted by molar-refractivity contribution is 0.156. The van der Waals surface area contributed by atoms with Crippen molar-refractivity contribution in [3.05, 3.63) is 23.4 Å². The largest absolute Gasteiger partial charge is 0.426 e. The van der Waals surface area contributed by atoms with Crippen LogP contribution in [0.15, 0.2) is 16.1 Å². The molecule has 3 atom stereocenters. The van der Waals surface area contributed by atoms with Crippen LogP contribution in [0, 0.1) is 30.6 Å². The van der Waals surface area contributed by atoms with E-state index in [0.29, 0.717) is 29.6 Å². The summed E-state index contributed by atoms with van der Waals surface area (Å²) in [6.45, 7) is 10.6. The topological polar surface area (TPSA) is 62.4 Å². The molecule has 0 fully saturated rings. The molecule has 1 N–H and O–H groups in total. The molecule has 5 nitrogen and oxygen atoms in total. The predicted molar refractivity (Wildman–Crippen MR) is 91.0 cm³/mol. The molecule has 1 aliphatic rings. The van der Waals surface area contributed by atoms with Crippen molar-refractivity contribution in [2.24, 2.45) is 23.7 Å². The molecule has 23 heavy (non-hydrogen) atoms. The molecule has 0 aromatic carbocycles. The van der Waals surface area contributed by atoms with Gasteiger partial charge in [-0.05, 0) is 44.1 Å². The van der Waals surface area contributed by atoms with Crippen molar-refractivity contribution >= 4 is 0 Å². The molecule has 130 valence electrons. The molecule has 5 heteroatoms. The van der Waals surface area contributed by atoms with Gasteiger partial charge in [-0.25, -0.2) is 0 Å². The number of nitrogens with zero attached hydrogens (tertiary/aromatic N) is 3. The maximum atomic E-state index is 9.12. The number of aliphatic hydroxyl groups is 1. The van der Waals surface area contributed by atoms with Crippen LogP contribution in [0.25, 0.3) is 0 Å². The van der Waals surface area contributed by atoms with Crippen molar-refractivity contribution in [2.45, 2.75) is 40.5 Å². The fourth-order valence-electron chi connectivity index (χ4n) is 3.74. The Bertz CT molecular complexity index is 524. The first kappa shape index (κ1) is 18.1. The molecule has 1 heterocycles. The summed E-state index contributed by atoms with van der Waals surface area (Å²) in [5, 5.41) is 17.2. The second kappa shape index (κ2) is 8.06. The van der Waals surface area contributed by atoms with Crippen LogP contribution in [0.3, 0.4) is 0 Å². The highest BCUT2D eigenvalue weighted by atomic mass is 16.4. The highest BCUT2D eigenvalue weighted by Crippen LogP contribution is 2.39. The van der Waals surface area contributed by atoms with Crippen LogP contribution in [0.1, 0.15) is 39.0 Å². The van der Waals surface area contributed by atoms with Crippen molar-refractivity contribution in [3.63, 3.8) is 0 Å². The van der Waals surface area contributed by atoms with Gasteiger partial charge in [-0.15, -0.1) is 10.2 Å². The summed E-state index contributed by atoms with van der Waals surface area (Å²) in [5.41, 5.74) is 1.43. The van der Waals surface area contributed by atoms with E-state index in [4.69, 9.17) is 9.52 Å². The van der Waals surface area contributed by atoms with Crippen molar-refractivity contribution in [1.29, 1.82) is 0 Å². The van der Waals surface area contributed by atoms with E-state index < -0.39 is 0 Å². The van der Waals surface area contributed by atoms with Crippen LogP contribution in [-0.4, -0.2) is 46.9 Å². The first-order valence-corrected chi connectivity index (χ1v) is 8.67. The van der Waals surface area contributed by atoms with Crippen molar-refractivity contribution in [3.8, 4) is 0 Å². The molecule has 0 spiro atoms. The number of aliphatic hydroxyl groups excluding tert-OH is 1. The normalized spacial score (nSPS) is 25.2. The summed E-state index contributed by atoms with van der Waals surface area (Å²) in [4.78, 5) is 2.23. The Morgan fingerprint density at radius 3 is 2.65 bits per heavy atom. The molecule has 0 radical (unpaired) electrons. The average molecular weight is 321 g/mol. The van der Waals surface area contributed by atoms with Crippen LogP contribution in [0.4, 0.5) is 0 Å². The number of rotatable bonds is 7. The summed E-state index contributed by atoms with van der Waals surface area (Å²) >= 11 is 0. The molecule has 1 aromatic rings. The Morgan fingerprint density at radius 1 is 1.35 bits per heavy atom. The van der Waals surface area contributed by atoms with E-state index in [0.717, 1.165) is 25.4 Å². The van der Waals surface area contributed by atoms with Gasteiger partial charge >= 0.3 is 0 Å². The summed E-state index contributed by atoms with van der Waals surface area (Å²) < 4.78 is 5.57. The van der Waals surface area contributed by atoms with Gasteiger partial charge in [0.1, 0.15) is 0 Å². The molecule has 0 saturated carbocycles. The molecule has 0 saturated heterocycles. The Kier molecular flexibility index (Phi) is 6.36. The lowest BCUT2D eigenvalue weighted by atomic mass is 9.69. The zero-order chi connectivity index (χ0) is 17.0. The number of hydrogen-bond acceptors (Lipinski definition) is 5. The predicted octanol–water partition coefficient (Wildman–Crippen LogP) is 2.70. The van der Waals surface area contributed by atoms with Crippen LogP contribution >= 0.6 is 0 Å².